The third-order valence-electron chi connectivity index (χ3n) is 2.77. The molecule has 2 aromatic heterocycles. The van der Waals surface area contributed by atoms with Crippen LogP contribution < -0.4 is 4.74 Å². The maximum absolute atomic E-state index is 10.9. The average Bonchev–Trinajstić information content (AvgIpc) is 2.82. The smallest absolute Gasteiger partial charge is 0.400 e. The molecule has 0 aliphatic carbocycles. The molecule has 1 N–H and O–H groups in total. The number of fused-ring (bicyclic) bond motifs is 1. The lowest BCUT2D eigenvalue weighted by Crippen LogP contribution is -1.94. The molecule has 0 radical (unpaired) electrons. The maximum atomic E-state index is 10.9. The Morgan fingerprint density at radius 1 is 1.35 bits per heavy atom. The van der Waals surface area contributed by atoms with Crippen molar-refractivity contribution in [2.24, 2.45) is 0 Å². The first kappa shape index (κ1) is 12.2. The zero-order chi connectivity index (χ0) is 14.1. The highest BCUT2D eigenvalue weighted by atomic mass is 16.6. The van der Waals surface area contributed by atoms with Gasteiger partial charge < -0.3 is 14.3 Å². The summed E-state index contributed by atoms with van der Waals surface area (Å²) >= 11 is 0. The number of hydrogen-bond acceptors (Lipinski definition) is 5. The molecule has 0 fully saturated rings. The van der Waals surface area contributed by atoms with Crippen LogP contribution in [0.2, 0.25) is 0 Å². The van der Waals surface area contributed by atoms with Crippen molar-refractivity contribution in [1.29, 1.82) is 0 Å². The van der Waals surface area contributed by atoms with Crippen LogP contribution in [0.3, 0.4) is 0 Å². The number of rotatable bonds is 3. The lowest BCUT2D eigenvalue weighted by atomic mass is 10.2. The Hall–Kier alpha value is -2.89. The summed E-state index contributed by atoms with van der Waals surface area (Å²) in [7, 11) is 0. The van der Waals surface area contributed by atoms with Crippen LogP contribution in [0.5, 0.6) is 11.8 Å². The van der Waals surface area contributed by atoms with Crippen molar-refractivity contribution in [2.45, 2.75) is 6.92 Å². The van der Waals surface area contributed by atoms with Gasteiger partial charge in [-0.25, -0.2) is 4.79 Å². The Morgan fingerprint density at radius 2 is 2.20 bits per heavy atom. The molecule has 1 aromatic carbocycles. The van der Waals surface area contributed by atoms with Gasteiger partial charge in [-0.1, -0.05) is 0 Å². The first-order chi connectivity index (χ1) is 9.63. The van der Waals surface area contributed by atoms with Crippen LogP contribution in [0.15, 0.2) is 40.9 Å². The van der Waals surface area contributed by atoms with Gasteiger partial charge in [-0.05, 0) is 37.3 Å². The summed E-state index contributed by atoms with van der Waals surface area (Å²) in [4.78, 5) is 19.1. The number of ether oxygens (including phenoxy) is 1. The summed E-state index contributed by atoms with van der Waals surface area (Å²) in [6.45, 7) is 1.81. The Kier molecular flexibility index (Phi) is 2.83. The van der Waals surface area contributed by atoms with E-state index in [1.807, 2.05) is 0 Å². The molecular formula is C14H10N2O4. The van der Waals surface area contributed by atoms with E-state index in [2.05, 4.69) is 9.97 Å². The van der Waals surface area contributed by atoms with Gasteiger partial charge in [-0.3, -0.25) is 4.98 Å². The van der Waals surface area contributed by atoms with E-state index >= 15 is 0 Å². The molecular weight excluding hydrogens is 260 g/mol. The minimum Gasteiger partial charge on any atom is -0.478 e. The van der Waals surface area contributed by atoms with E-state index in [-0.39, 0.29) is 11.6 Å². The lowest BCUT2D eigenvalue weighted by molar-refractivity contribution is 0.0697. The predicted octanol–water partition coefficient (Wildman–Crippen LogP) is 3.02. The van der Waals surface area contributed by atoms with E-state index in [9.17, 15) is 4.79 Å². The Balaban J connectivity index is 1.97. The number of carbonyl (C=O) groups is 1. The third-order valence-corrected chi connectivity index (χ3v) is 2.77. The highest BCUT2D eigenvalue weighted by Gasteiger charge is 2.12. The second-order valence-electron chi connectivity index (χ2n) is 4.16. The number of oxazole rings is 1. The molecule has 0 aliphatic rings. The molecule has 0 unspecified atom stereocenters. The van der Waals surface area contributed by atoms with Gasteiger partial charge in [0.2, 0.25) is 0 Å². The average molecular weight is 270 g/mol. The second kappa shape index (κ2) is 4.65. The van der Waals surface area contributed by atoms with E-state index < -0.39 is 5.97 Å². The Bertz CT molecular complexity index is 795. The van der Waals surface area contributed by atoms with Crippen LogP contribution in [0.1, 0.15) is 16.1 Å². The topological polar surface area (TPSA) is 85.5 Å². The van der Waals surface area contributed by atoms with E-state index in [4.69, 9.17) is 14.3 Å². The van der Waals surface area contributed by atoms with Crippen molar-refractivity contribution in [1.82, 2.24) is 9.97 Å². The van der Waals surface area contributed by atoms with Gasteiger partial charge in [-0.15, -0.1) is 0 Å². The van der Waals surface area contributed by atoms with Crippen molar-refractivity contribution in [2.75, 3.05) is 0 Å². The summed E-state index contributed by atoms with van der Waals surface area (Å²) in [5.41, 5.74) is 1.74. The molecule has 6 nitrogen and oxygen atoms in total. The fourth-order valence-corrected chi connectivity index (χ4v) is 1.75. The highest BCUT2D eigenvalue weighted by molar-refractivity contribution is 5.91. The molecule has 0 atom stereocenters. The van der Waals surface area contributed by atoms with Crippen molar-refractivity contribution in [3.8, 4) is 11.8 Å². The number of carboxylic acids is 1. The number of hydrogen-bond donors (Lipinski definition) is 1. The largest absolute Gasteiger partial charge is 0.478 e. The van der Waals surface area contributed by atoms with Gasteiger partial charge in [0.05, 0.1) is 11.3 Å². The van der Waals surface area contributed by atoms with E-state index in [1.165, 1.54) is 12.1 Å². The van der Waals surface area contributed by atoms with Crippen LogP contribution in [0.25, 0.3) is 11.1 Å². The lowest BCUT2D eigenvalue weighted by Gasteiger charge is -2.01. The number of aromatic carboxylic acids is 1. The van der Waals surface area contributed by atoms with Crippen LogP contribution in [-0.4, -0.2) is 21.0 Å². The fraction of sp³-hybridized carbons (Fsp3) is 0.0714. The number of benzene rings is 1. The van der Waals surface area contributed by atoms with E-state index in [0.29, 0.717) is 22.5 Å². The van der Waals surface area contributed by atoms with Gasteiger partial charge in [0, 0.05) is 6.20 Å². The van der Waals surface area contributed by atoms with Gasteiger partial charge in [-0.2, -0.15) is 4.98 Å². The second-order valence-corrected chi connectivity index (χ2v) is 4.16. The molecule has 6 heteroatoms. The number of carboxylic acid groups (broad SMARTS) is 1. The normalized spacial score (nSPS) is 10.7. The van der Waals surface area contributed by atoms with Crippen molar-refractivity contribution < 1.29 is 19.1 Å². The Morgan fingerprint density at radius 3 is 2.95 bits per heavy atom. The van der Waals surface area contributed by atoms with Crippen molar-refractivity contribution in [3.63, 3.8) is 0 Å². The van der Waals surface area contributed by atoms with Crippen molar-refractivity contribution >= 4 is 17.1 Å². The monoisotopic (exact) mass is 270 g/mol. The molecule has 3 aromatic rings. The van der Waals surface area contributed by atoms with Gasteiger partial charge in [0.25, 0.3) is 0 Å². The van der Waals surface area contributed by atoms with Crippen LogP contribution >= 0.6 is 0 Å². The first-order valence-corrected chi connectivity index (χ1v) is 5.87. The minimum atomic E-state index is -1.02. The predicted molar refractivity (Wildman–Crippen MR) is 70.0 cm³/mol. The highest BCUT2D eigenvalue weighted by Crippen LogP contribution is 2.27. The zero-order valence-corrected chi connectivity index (χ0v) is 10.5. The van der Waals surface area contributed by atoms with Gasteiger partial charge in [0.1, 0.15) is 5.52 Å². The Labute approximate surface area is 113 Å². The van der Waals surface area contributed by atoms with Crippen LogP contribution in [-0.2, 0) is 0 Å². The molecule has 0 saturated carbocycles. The number of pyridine rings is 1. The minimum absolute atomic E-state index is 0.0543. The molecule has 20 heavy (non-hydrogen) atoms. The number of aromatic nitrogens is 2. The van der Waals surface area contributed by atoms with Crippen LogP contribution in [0, 0.1) is 6.92 Å². The quantitative estimate of drug-likeness (QED) is 0.787. The molecule has 0 saturated heterocycles. The molecule has 2 heterocycles. The molecule has 0 aliphatic heterocycles. The zero-order valence-electron chi connectivity index (χ0n) is 10.5. The summed E-state index contributed by atoms with van der Waals surface area (Å²) in [5.74, 6) is -0.480. The first-order valence-electron chi connectivity index (χ1n) is 5.87. The fourth-order valence-electron chi connectivity index (χ4n) is 1.75. The van der Waals surface area contributed by atoms with Gasteiger partial charge in [0.15, 0.2) is 11.3 Å². The number of nitrogens with zero attached hydrogens (tertiary/aromatic N) is 2. The summed E-state index contributed by atoms with van der Waals surface area (Å²) < 4.78 is 10.9. The van der Waals surface area contributed by atoms with E-state index in [0.717, 1.165) is 0 Å². The molecule has 100 valence electrons. The molecule has 0 amide bonds. The SMILES string of the molecule is Cc1ncccc1Oc1nc2ccc(C(=O)O)cc2o1. The van der Waals surface area contributed by atoms with Crippen molar-refractivity contribution in [3.05, 3.63) is 47.8 Å². The maximum Gasteiger partial charge on any atom is 0.400 e. The van der Waals surface area contributed by atoms with Gasteiger partial charge >= 0.3 is 12.0 Å². The van der Waals surface area contributed by atoms with E-state index in [1.54, 1.807) is 31.3 Å². The molecule has 0 spiro atoms. The summed E-state index contributed by atoms with van der Waals surface area (Å²) in [5, 5.41) is 8.92. The summed E-state index contributed by atoms with van der Waals surface area (Å²) in [6.07, 6.45) is 1.71. The number of aryl methyl sites for hydroxylation is 1. The summed E-state index contributed by atoms with van der Waals surface area (Å²) in [6, 6.07) is 7.94. The third kappa shape index (κ3) is 2.18. The standard InChI is InChI=1S/C14H10N2O4/c1-8-11(3-2-6-15-8)19-14-16-10-5-4-9(13(17)18)7-12(10)20-14/h2-7H,1H3,(H,17,18). The van der Waals surface area contributed by atoms with Crippen LogP contribution in [0.4, 0.5) is 0 Å². The molecule has 0 bridgehead atoms. The molecule has 3 rings (SSSR count).